The van der Waals surface area contributed by atoms with Crippen LogP contribution in [0.3, 0.4) is 0 Å². The molecule has 0 saturated carbocycles. The Morgan fingerprint density at radius 2 is 1.75 bits per heavy atom. The molecule has 1 fully saturated rings. The summed E-state index contributed by atoms with van der Waals surface area (Å²) in [6.45, 7) is 6.25. The number of esters is 1. The Labute approximate surface area is 187 Å². The van der Waals surface area contributed by atoms with Crippen molar-refractivity contribution in [2.75, 3.05) is 13.1 Å². The van der Waals surface area contributed by atoms with Crippen LogP contribution in [0.5, 0.6) is 0 Å². The number of benzene rings is 2. The van der Waals surface area contributed by atoms with Crippen molar-refractivity contribution in [2.45, 2.75) is 45.2 Å². The SMILES string of the molecule is Cc1ccc(C(=O)OCn2cc(C)c3c(S(=O)(=O)N4CCCC4)cccc3c2=O)c(C)c1. The van der Waals surface area contributed by atoms with Gasteiger partial charge in [-0.3, -0.25) is 9.36 Å². The van der Waals surface area contributed by atoms with Crippen LogP contribution in [0.2, 0.25) is 0 Å². The lowest BCUT2D eigenvalue weighted by atomic mass is 10.1. The maximum atomic E-state index is 13.2. The first-order valence-corrected chi connectivity index (χ1v) is 12.0. The molecule has 0 spiro atoms. The fraction of sp³-hybridized carbons (Fsp3) is 0.333. The summed E-state index contributed by atoms with van der Waals surface area (Å²) < 4.78 is 34.5. The van der Waals surface area contributed by atoms with E-state index in [4.69, 9.17) is 4.74 Å². The number of hydrogen-bond donors (Lipinski definition) is 0. The second-order valence-corrected chi connectivity index (χ2v) is 10.2. The van der Waals surface area contributed by atoms with E-state index < -0.39 is 21.6 Å². The van der Waals surface area contributed by atoms with Gasteiger partial charge in [-0.15, -0.1) is 0 Å². The van der Waals surface area contributed by atoms with E-state index in [0.717, 1.165) is 24.0 Å². The normalized spacial score (nSPS) is 14.7. The van der Waals surface area contributed by atoms with Crippen LogP contribution in [0.15, 0.2) is 52.3 Å². The number of rotatable bonds is 5. The third kappa shape index (κ3) is 3.96. The number of carbonyl (C=O) groups is 1. The molecule has 2 heterocycles. The van der Waals surface area contributed by atoms with Crippen molar-refractivity contribution in [3.8, 4) is 0 Å². The van der Waals surface area contributed by atoms with Gasteiger partial charge in [-0.05, 0) is 62.9 Å². The molecule has 1 aromatic heterocycles. The van der Waals surface area contributed by atoms with E-state index in [2.05, 4.69) is 0 Å². The zero-order valence-corrected chi connectivity index (χ0v) is 19.2. The van der Waals surface area contributed by atoms with Crippen LogP contribution < -0.4 is 5.56 Å². The van der Waals surface area contributed by atoms with E-state index in [-0.39, 0.29) is 17.0 Å². The van der Waals surface area contributed by atoms with Crippen molar-refractivity contribution >= 4 is 26.8 Å². The predicted octanol–water partition coefficient (Wildman–Crippen LogP) is 3.53. The number of ether oxygens (including phenoxy) is 1. The van der Waals surface area contributed by atoms with Gasteiger partial charge in [0.1, 0.15) is 0 Å². The van der Waals surface area contributed by atoms with Gasteiger partial charge in [0.25, 0.3) is 5.56 Å². The number of hydrogen-bond acceptors (Lipinski definition) is 5. The summed E-state index contributed by atoms with van der Waals surface area (Å²) in [5, 5.41) is 0.703. The Kier molecular flexibility index (Phi) is 5.92. The Hall–Kier alpha value is -2.97. The van der Waals surface area contributed by atoms with Gasteiger partial charge in [0.15, 0.2) is 6.73 Å². The molecule has 0 aliphatic carbocycles. The monoisotopic (exact) mass is 454 g/mol. The molecule has 7 nitrogen and oxygen atoms in total. The molecule has 3 aromatic rings. The summed E-state index contributed by atoms with van der Waals surface area (Å²) in [6.07, 6.45) is 3.21. The van der Waals surface area contributed by atoms with Gasteiger partial charge in [0, 0.05) is 30.1 Å². The van der Waals surface area contributed by atoms with Crippen LogP contribution in [0.4, 0.5) is 0 Å². The van der Waals surface area contributed by atoms with Crippen LogP contribution in [0.1, 0.15) is 39.9 Å². The maximum absolute atomic E-state index is 13.2. The molecule has 0 amide bonds. The molecule has 2 aromatic carbocycles. The van der Waals surface area contributed by atoms with Gasteiger partial charge in [0.2, 0.25) is 10.0 Å². The Bertz CT molecular complexity index is 1370. The highest BCUT2D eigenvalue weighted by Gasteiger charge is 2.29. The Morgan fingerprint density at radius 1 is 1.03 bits per heavy atom. The Balaban J connectivity index is 1.69. The minimum Gasteiger partial charge on any atom is -0.440 e. The van der Waals surface area contributed by atoms with Crippen LogP contribution >= 0.6 is 0 Å². The average molecular weight is 455 g/mol. The highest BCUT2D eigenvalue weighted by atomic mass is 32.2. The number of nitrogens with zero attached hydrogens (tertiary/aromatic N) is 2. The third-order valence-corrected chi connectivity index (χ3v) is 7.82. The summed E-state index contributed by atoms with van der Waals surface area (Å²) in [7, 11) is -3.69. The van der Waals surface area contributed by atoms with Crippen molar-refractivity contribution in [3.05, 3.63) is 75.2 Å². The number of aromatic nitrogens is 1. The molecule has 0 N–H and O–H groups in total. The summed E-state index contributed by atoms with van der Waals surface area (Å²) in [6, 6.07) is 10.2. The first-order valence-electron chi connectivity index (χ1n) is 10.6. The van der Waals surface area contributed by atoms with Gasteiger partial charge < -0.3 is 4.74 Å². The number of pyridine rings is 1. The highest BCUT2D eigenvalue weighted by Crippen LogP contribution is 2.28. The molecule has 1 saturated heterocycles. The van der Waals surface area contributed by atoms with Gasteiger partial charge in [-0.2, -0.15) is 4.31 Å². The zero-order chi connectivity index (χ0) is 23.0. The van der Waals surface area contributed by atoms with Gasteiger partial charge in [-0.25, -0.2) is 13.2 Å². The van der Waals surface area contributed by atoms with E-state index in [0.29, 0.717) is 29.6 Å². The molecule has 4 rings (SSSR count). The van der Waals surface area contributed by atoms with Crippen LogP contribution in [0.25, 0.3) is 10.8 Å². The molecular weight excluding hydrogens is 428 g/mol. The molecule has 0 radical (unpaired) electrons. The quantitative estimate of drug-likeness (QED) is 0.551. The van der Waals surface area contributed by atoms with Crippen molar-refractivity contribution in [1.29, 1.82) is 0 Å². The van der Waals surface area contributed by atoms with Crippen LogP contribution in [-0.4, -0.2) is 36.3 Å². The number of carbonyl (C=O) groups excluding carboxylic acids is 1. The molecule has 0 atom stereocenters. The van der Waals surface area contributed by atoms with Crippen LogP contribution in [-0.2, 0) is 21.5 Å². The minimum absolute atomic E-state index is 0.144. The fourth-order valence-electron chi connectivity index (χ4n) is 4.25. The zero-order valence-electron chi connectivity index (χ0n) is 18.4. The molecule has 1 aliphatic heterocycles. The molecule has 1 aliphatic rings. The maximum Gasteiger partial charge on any atom is 0.340 e. The molecule has 0 bridgehead atoms. The molecule has 168 valence electrons. The average Bonchev–Trinajstić information content (AvgIpc) is 3.30. The van der Waals surface area contributed by atoms with Gasteiger partial charge in [0.05, 0.1) is 10.5 Å². The van der Waals surface area contributed by atoms with Crippen molar-refractivity contribution in [1.82, 2.24) is 8.87 Å². The summed E-state index contributed by atoms with van der Waals surface area (Å²) in [4.78, 5) is 25.8. The summed E-state index contributed by atoms with van der Waals surface area (Å²) >= 11 is 0. The van der Waals surface area contributed by atoms with E-state index in [1.54, 1.807) is 37.4 Å². The first-order chi connectivity index (χ1) is 15.2. The molecule has 0 unspecified atom stereocenters. The third-order valence-electron chi connectivity index (χ3n) is 5.88. The second-order valence-electron chi connectivity index (χ2n) is 8.26. The predicted molar refractivity (Wildman–Crippen MR) is 122 cm³/mol. The van der Waals surface area contributed by atoms with Crippen molar-refractivity contribution in [2.24, 2.45) is 0 Å². The lowest BCUT2D eigenvalue weighted by Crippen LogP contribution is -2.29. The second kappa shape index (κ2) is 8.52. The van der Waals surface area contributed by atoms with Crippen LogP contribution in [0, 0.1) is 20.8 Å². The largest absolute Gasteiger partial charge is 0.440 e. The van der Waals surface area contributed by atoms with E-state index in [1.807, 2.05) is 26.0 Å². The lowest BCUT2D eigenvalue weighted by Gasteiger charge is -2.18. The first kappa shape index (κ1) is 22.2. The highest BCUT2D eigenvalue weighted by molar-refractivity contribution is 7.89. The van der Waals surface area contributed by atoms with E-state index in [9.17, 15) is 18.0 Å². The summed E-state index contributed by atoms with van der Waals surface area (Å²) in [5.74, 6) is -0.516. The molecule has 8 heteroatoms. The van der Waals surface area contributed by atoms with E-state index >= 15 is 0 Å². The minimum atomic E-state index is -3.69. The van der Waals surface area contributed by atoms with Crippen molar-refractivity contribution < 1.29 is 17.9 Å². The summed E-state index contributed by atoms with van der Waals surface area (Å²) in [5.41, 5.74) is 2.51. The Morgan fingerprint density at radius 3 is 2.44 bits per heavy atom. The number of sulfonamides is 1. The number of aryl methyl sites for hydroxylation is 3. The lowest BCUT2D eigenvalue weighted by molar-refractivity contribution is 0.0365. The topological polar surface area (TPSA) is 85.7 Å². The van der Waals surface area contributed by atoms with Crippen molar-refractivity contribution in [3.63, 3.8) is 0 Å². The standard InChI is InChI=1S/C24H26N2O5S/c1-16-9-10-19(17(2)13-16)24(28)31-15-25-14-18(3)22-20(23(25)27)7-6-8-21(22)32(29,30)26-11-4-5-12-26/h6-10,13-14H,4-5,11-12,15H2,1-3H3. The van der Waals surface area contributed by atoms with Gasteiger partial charge >= 0.3 is 5.97 Å². The number of fused-ring (bicyclic) bond motifs is 1. The fourth-order valence-corrected chi connectivity index (χ4v) is 6.05. The smallest absolute Gasteiger partial charge is 0.340 e. The van der Waals surface area contributed by atoms with E-state index in [1.165, 1.54) is 8.87 Å². The molecule has 32 heavy (non-hydrogen) atoms. The molecular formula is C24H26N2O5S. The van der Waals surface area contributed by atoms with Gasteiger partial charge in [-0.1, -0.05) is 23.8 Å².